The molecule has 0 fully saturated rings. The molecular weight excluding hydrogens is 378 g/mol. The van der Waals surface area contributed by atoms with Crippen LogP contribution in [0.4, 0.5) is 0 Å². The van der Waals surface area contributed by atoms with Gasteiger partial charge in [-0.2, -0.15) is 0 Å². The summed E-state index contributed by atoms with van der Waals surface area (Å²) in [7, 11) is 0. The second-order valence-corrected chi connectivity index (χ2v) is 8.64. The SMILES string of the molecule is c1ccc2c(c1)Cc1c-2c2c(c3c4ccncc4n4ccnc4c13)-c1ccccc1C2. The van der Waals surface area contributed by atoms with Crippen LogP contribution in [-0.4, -0.2) is 14.4 Å². The molecule has 0 atom stereocenters. The van der Waals surface area contributed by atoms with E-state index in [1.165, 1.54) is 60.7 Å². The van der Waals surface area contributed by atoms with E-state index in [-0.39, 0.29) is 0 Å². The van der Waals surface area contributed by atoms with Crippen LogP contribution >= 0.6 is 0 Å². The van der Waals surface area contributed by atoms with Gasteiger partial charge in [-0.15, -0.1) is 0 Å². The Morgan fingerprint density at radius 2 is 1.45 bits per heavy atom. The Labute approximate surface area is 178 Å². The smallest absolute Gasteiger partial charge is 0.145 e. The lowest BCUT2D eigenvalue weighted by atomic mass is 9.88. The molecule has 0 radical (unpaired) electrons. The van der Waals surface area contributed by atoms with Crippen molar-refractivity contribution in [2.45, 2.75) is 12.8 Å². The molecule has 0 saturated heterocycles. The number of aromatic nitrogens is 3. The normalized spacial score (nSPS) is 13.5. The summed E-state index contributed by atoms with van der Waals surface area (Å²) in [6, 6.07) is 20.0. The highest BCUT2D eigenvalue weighted by molar-refractivity contribution is 6.22. The number of pyridine rings is 2. The second-order valence-electron chi connectivity index (χ2n) is 8.64. The summed E-state index contributed by atoms with van der Waals surface area (Å²) < 4.78 is 2.21. The fraction of sp³-hybridized carbons (Fsp3) is 0.0714. The molecule has 0 saturated carbocycles. The number of rotatable bonds is 0. The summed E-state index contributed by atoms with van der Waals surface area (Å²) in [6.07, 6.45) is 9.82. The van der Waals surface area contributed by atoms with E-state index in [0.717, 1.165) is 24.0 Å². The van der Waals surface area contributed by atoms with Crippen LogP contribution in [0.3, 0.4) is 0 Å². The third kappa shape index (κ3) is 1.81. The monoisotopic (exact) mass is 395 g/mol. The first-order chi connectivity index (χ1) is 15.4. The molecule has 3 heterocycles. The summed E-state index contributed by atoms with van der Waals surface area (Å²) in [6.45, 7) is 0. The van der Waals surface area contributed by atoms with Gasteiger partial charge in [0.15, 0.2) is 0 Å². The third-order valence-corrected chi connectivity index (χ3v) is 7.21. The van der Waals surface area contributed by atoms with Gasteiger partial charge in [0, 0.05) is 34.7 Å². The average molecular weight is 395 g/mol. The fourth-order valence-corrected chi connectivity index (χ4v) is 6.04. The van der Waals surface area contributed by atoms with E-state index in [1.807, 2.05) is 18.6 Å². The van der Waals surface area contributed by atoms with Crippen molar-refractivity contribution < 1.29 is 0 Å². The van der Waals surface area contributed by atoms with E-state index in [9.17, 15) is 0 Å². The van der Waals surface area contributed by atoms with Gasteiger partial charge in [0.2, 0.25) is 0 Å². The van der Waals surface area contributed by atoms with Crippen LogP contribution in [0.15, 0.2) is 79.4 Å². The van der Waals surface area contributed by atoms with Crippen molar-refractivity contribution in [2.24, 2.45) is 0 Å². The van der Waals surface area contributed by atoms with Crippen LogP contribution in [0.1, 0.15) is 22.3 Å². The molecule has 6 aromatic rings. The van der Waals surface area contributed by atoms with E-state index >= 15 is 0 Å². The van der Waals surface area contributed by atoms with E-state index < -0.39 is 0 Å². The Balaban J connectivity index is 1.72. The first-order valence-corrected chi connectivity index (χ1v) is 10.8. The molecule has 0 bridgehead atoms. The Morgan fingerprint density at radius 3 is 2.29 bits per heavy atom. The zero-order valence-electron chi connectivity index (χ0n) is 16.8. The quantitative estimate of drug-likeness (QED) is 0.287. The van der Waals surface area contributed by atoms with E-state index in [0.29, 0.717) is 0 Å². The number of hydrogen-bond donors (Lipinski definition) is 0. The highest BCUT2D eigenvalue weighted by atomic mass is 15.0. The molecular formula is C28H17N3. The molecule has 0 unspecified atom stereocenters. The molecule has 0 N–H and O–H groups in total. The van der Waals surface area contributed by atoms with Crippen molar-refractivity contribution in [3.63, 3.8) is 0 Å². The Morgan fingerprint density at radius 1 is 0.710 bits per heavy atom. The minimum absolute atomic E-state index is 0.963. The Kier molecular flexibility index (Phi) is 2.74. The zero-order valence-corrected chi connectivity index (χ0v) is 16.8. The maximum atomic E-state index is 4.85. The van der Waals surface area contributed by atoms with Crippen molar-refractivity contribution in [1.82, 2.24) is 14.4 Å². The molecule has 8 rings (SSSR count). The Bertz CT molecular complexity index is 1740. The minimum Gasteiger partial charge on any atom is -0.298 e. The number of fused-ring (bicyclic) bond motifs is 15. The fourth-order valence-electron chi connectivity index (χ4n) is 6.04. The average Bonchev–Trinajstić information content (AvgIpc) is 3.53. The predicted octanol–water partition coefficient (Wildman–Crippen LogP) is 6.18. The van der Waals surface area contributed by atoms with Crippen LogP contribution in [0.25, 0.3) is 49.6 Å². The maximum absolute atomic E-state index is 4.85. The third-order valence-electron chi connectivity index (χ3n) is 7.21. The first-order valence-electron chi connectivity index (χ1n) is 10.8. The lowest BCUT2D eigenvalue weighted by Crippen LogP contribution is -1.98. The van der Waals surface area contributed by atoms with Crippen molar-refractivity contribution in [2.75, 3.05) is 0 Å². The summed E-state index contributed by atoms with van der Waals surface area (Å²) in [5.41, 5.74) is 13.5. The van der Waals surface area contributed by atoms with E-state index in [1.54, 1.807) is 0 Å². The van der Waals surface area contributed by atoms with Gasteiger partial charge in [0.1, 0.15) is 5.65 Å². The molecule has 3 aromatic heterocycles. The predicted molar refractivity (Wildman–Crippen MR) is 124 cm³/mol. The van der Waals surface area contributed by atoms with Crippen LogP contribution in [0.5, 0.6) is 0 Å². The maximum Gasteiger partial charge on any atom is 0.145 e. The van der Waals surface area contributed by atoms with Crippen molar-refractivity contribution >= 4 is 27.3 Å². The molecule has 3 heteroatoms. The molecule has 2 aliphatic rings. The van der Waals surface area contributed by atoms with Crippen molar-refractivity contribution in [3.05, 3.63) is 102 Å². The van der Waals surface area contributed by atoms with Crippen LogP contribution < -0.4 is 0 Å². The topological polar surface area (TPSA) is 30.2 Å². The van der Waals surface area contributed by atoms with Crippen LogP contribution in [0, 0.1) is 0 Å². The van der Waals surface area contributed by atoms with E-state index in [2.05, 4.69) is 70.2 Å². The summed E-state index contributed by atoms with van der Waals surface area (Å²) in [4.78, 5) is 9.30. The number of nitrogens with zero attached hydrogens (tertiary/aromatic N) is 3. The van der Waals surface area contributed by atoms with Gasteiger partial charge in [0.05, 0.1) is 11.7 Å². The Hall–Kier alpha value is -3.98. The molecule has 144 valence electrons. The second kappa shape index (κ2) is 5.38. The van der Waals surface area contributed by atoms with Crippen molar-refractivity contribution in [1.29, 1.82) is 0 Å². The highest BCUT2D eigenvalue weighted by Gasteiger charge is 2.33. The van der Waals surface area contributed by atoms with Crippen LogP contribution in [-0.2, 0) is 12.8 Å². The van der Waals surface area contributed by atoms with Gasteiger partial charge in [-0.25, -0.2) is 4.98 Å². The molecule has 31 heavy (non-hydrogen) atoms. The first kappa shape index (κ1) is 15.8. The molecule has 0 spiro atoms. The van der Waals surface area contributed by atoms with Crippen LogP contribution in [0.2, 0.25) is 0 Å². The largest absolute Gasteiger partial charge is 0.298 e. The molecule has 0 aliphatic heterocycles. The molecule has 3 nitrogen and oxygen atoms in total. The lowest BCUT2D eigenvalue weighted by molar-refractivity contribution is 1.22. The summed E-state index contributed by atoms with van der Waals surface area (Å²) >= 11 is 0. The van der Waals surface area contributed by atoms with Gasteiger partial charge < -0.3 is 0 Å². The highest BCUT2D eigenvalue weighted by Crippen LogP contribution is 2.53. The summed E-state index contributed by atoms with van der Waals surface area (Å²) in [5.74, 6) is 0. The minimum atomic E-state index is 0.963. The van der Waals surface area contributed by atoms with E-state index in [4.69, 9.17) is 4.98 Å². The summed E-state index contributed by atoms with van der Waals surface area (Å²) in [5, 5.41) is 3.88. The van der Waals surface area contributed by atoms with Gasteiger partial charge in [-0.3, -0.25) is 9.38 Å². The van der Waals surface area contributed by atoms with Crippen molar-refractivity contribution in [3.8, 4) is 22.3 Å². The van der Waals surface area contributed by atoms with Gasteiger partial charge in [0.25, 0.3) is 0 Å². The number of benzene rings is 3. The molecule has 3 aromatic carbocycles. The zero-order chi connectivity index (χ0) is 20.1. The molecule has 2 aliphatic carbocycles. The van der Waals surface area contributed by atoms with Gasteiger partial charge in [-0.1, -0.05) is 48.5 Å². The standard InChI is InChI=1S/C28H17N3/c1-3-7-18-16(5-1)14-22-24(18)21-13-17-6-2-4-8-19(17)25(21)26-20-9-10-29-15-23(20)31-12-11-30-28(31)27(22)26/h1-12,15H,13-14H2. The van der Waals surface area contributed by atoms with Gasteiger partial charge in [-0.05, 0) is 63.4 Å². The lowest BCUT2D eigenvalue weighted by Gasteiger charge is -2.18. The van der Waals surface area contributed by atoms with Gasteiger partial charge >= 0.3 is 0 Å². The number of imidazole rings is 1. The number of hydrogen-bond acceptors (Lipinski definition) is 2. The molecule has 0 amide bonds.